The molecule has 1 aromatic carbocycles. The summed E-state index contributed by atoms with van der Waals surface area (Å²) in [6, 6.07) is 5.40. The summed E-state index contributed by atoms with van der Waals surface area (Å²) in [6.07, 6.45) is 3.79. The molecule has 2 aliphatic rings. The Balaban J connectivity index is 1.67. The van der Waals surface area contributed by atoms with Gasteiger partial charge in [-0.05, 0) is 41.7 Å². The molecule has 7 nitrogen and oxygen atoms in total. The van der Waals surface area contributed by atoms with Gasteiger partial charge in [0.15, 0.2) is 5.78 Å². The van der Waals surface area contributed by atoms with E-state index in [9.17, 15) is 14.4 Å². The summed E-state index contributed by atoms with van der Waals surface area (Å²) in [6.45, 7) is 10.9. The van der Waals surface area contributed by atoms with Gasteiger partial charge in [-0.25, -0.2) is 0 Å². The fourth-order valence-corrected chi connectivity index (χ4v) is 5.38. The topological polar surface area (TPSA) is 97.6 Å². The summed E-state index contributed by atoms with van der Waals surface area (Å²) in [5.74, 6) is -0.677. The third-order valence-electron chi connectivity index (χ3n) is 8.11. The lowest BCUT2D eigenvalue weighted by atomic mass is 10.00. The van der Waals surface area contributed by atoms with E-state index in [1.807, 2.05) is 18.3 Å². The van der Waals surface area contributed by atoms with Crippen molar-refractivity contribution in [3.05, 3.63) is 35.5 Å². The van der Waals surface area contributed by atoms with Crippen molar-refractivity contribution in [3.8, 4) is 0 Å². The Labute approximate surface area is 194 Å². The molecule has 4 rings (SSSR count). The maximum atomic E-state index is 13.6. The van der Waals surface area contributed by atoms with Crippen LogP contribution in [-0.2, 0) is 16.1 Å². The van der Waals surface area contributed by atoms with E-state index in [4.69, 9.17) is 9.84 Å². The van der Waals surface area contributed by atoms with Gasteiger partial charge in [0.2, 0.25) is 0 Å². The van der Waals surface area contributed by atoms with Crippen LogP contribution in [0.3, 0.4) is 0 Å². The average molecular weight is 455 g/mol. The SMILES string of the molecule is CC1(C)C(C(=O)c2cn(CC3CCOCC3)c3cc(C(=O)NCCC(=O)O)ccc23)C1(C)C. The molecule has 1 aliphatic heterocycles. The van der Waals surface area contributed by atoms with Crippen LogP contribution in [0.1, 0.15) is 67.7 Å². The molecule has 1 saturated carbocycles. The second-order valence-electron chi connectivity index (χ2n) is 10.6. The Bertz CT molecular complexity index is 1080. The molecule has 0 spiro atoms. The van der Waals surface area contributed by atoms with Crippen LogP contribution >= 0.6 is 0 Å². The van der Waals surface area contributed by atoms with Crippen LogP contribution in [0, 0.1) is 22.7 Å². The summed E-state index contributed by atoms with van der Waals surface area (Å²) in [7, 11) is 0. The summed E-state index contributed by atoms with van der Waals surface area (Å²) in [5.41, 5.74) is 1.95. The molecule has 0 atom stereocenters. The zero-order valence-corrected chi connectivity index (χ0v) is 19.9. The number of nitrogens with zero attached hydrogens (tertiary/aromatic N) is 1. The number of nitrogens with one attached hydrogen (secondary N) is 1. The van der Waals surface area contributed by atoms with Crippen LogP contribution in [0.5, 0.6) is 0 Å². The van der Waals surface area contributed by atoms with E-state index in [2.05, 4.69) is 37.6 Å². The minimum Gasteiger partial charge on any atom is -0.481 e. The van der Waals surface area contributed by atoms with Crippen molar-refractivity contribution in [2.45, 2.75) is 53.5 Å². The summed E-state index contributed by atoms with van der Waals surface area (Å²) in [4.78, 5) is 37.0. The number of Topliss-reactive ketones (excluding diaryl/α,β-unsaturated/α-hetero) is 1. The van der Waals surface area contributed by atoms with E-state index in [0.29, 0.717) is 11.5 Å². The highest BCUT2D eigenvalue weighted by Gasteiger charge is 2.68. The number of hydrogen-bond donors (Lipinski definition) is 2. The number of carbonyl (C=O) groups is 3. The number of fused-ring (bicyclic) bond motifs is 1. The Morgan fingerprint density at radius 3 is 2.39 bits per heavy atom. The number of carboxylic acid groups (broad SMARTS) is 1. The molecule has 1 saturated heterocycles. The molecule has 7 heteroatoms. The predicted molar refractivity (Wildman–Crippen MR) is 125 cm³/mol. The monoisotopic (exact) mass is 454 g/mol. The van der Waals surface area contributed by atoms with Gasteiger partial charge < -0.3 is 19.7 Å². The van der Waals surface area contributed by atoms with Crippen LogP contribution in [0.15, 0.2) is 24.4 Å². The van der Waals surface area contributed by atoms with E-state index in [-0.39, 0.29) is 41.4 Å². The summed E-state index contributed by atoms with van der Waals surface area (Å²) in [5, 5.41) is 12.3. The highest BCUT2D eigenvalue weighted by Crippen LogP contribution is 2.69. The third-order valence-corrected chi connectivity index (χ3v) is 8.11. The van der Waals surface area contributed by atoms with E-state index in [1.54, 1.807) is 6.07 Å². The van der Waals surface area contributed by atoms with Crippen molar-refractivity contribution < 1.29 is 24.2 Å². The number of carbonyl (C=O) groups excluding carboxylic acids is 2. The Hall–Kier alpha value is -2.67. The molecular formula is C26H34N2O5. The molecule has 0 unspecified atom stereocenters. The normalized spacial score (nSPS) is 20.0. The van der Waals surface area contributed by atoms with Crippen molar-refractivity contribution in [3.63, 3.8) is 0 Å². The molecule has 1 amide bonds. The van der Waals surface area contributed by atoms with Crippen LogP contribution < -0.4 is 5.32 Å². The summed E-state index contributed by atoms with van der Waals surface area (Å²) >= 11 is 0. The average Bonchev–Trinajstić information content (AvgIpc) is 3.02. The number of benzene rings is 1. The maximum absolute atomic E-state index is 13.6. The van der Waals surface area contributed by atoms with Crippen molar-refractivity contribution in [2.24, 2.45) is 22.7 Å². The molecular weight excluding hydrogens is 420 g/mol. The van der Waals surface area contributed by atoms with E-state index in [0.717, 1.165) is 49.1 Å². The number of hydrogen-bond acceptors (Lipinski definition) is 4. The molecule has 0 bridgehead atoms. The fourth-order valence-electron chi connectivity index (χ4n) is 5.38. The number of aromatic nitrogens is 1. The molecule has 0 radical (unpaired) electrons. The highest BCUT2D eigenvalue weighted by molar-refractivity contribution is 6.12. The molecule has 1 aromatic heterocycles. The highest BCUT2D eigenvalue weighted by atomic mass is 16.5. The van der Waals surface area contributed by atoms with Crippen LogP contribution in [0.4, 0.5) is 0 Å². The second kappa shape index (κ2) is 8.60. The lowest BCUT2D eigenvalue weighted by Crippen LogP contribution is -2.26. The van der Waals surface area contributed by atoms with Crippen LogP contribution in [0.2, 0.25) is 0 Å². The minimum atomic E-state index is -0.954. The maximum Gasteiger partial charge on any atom is 0.305 e. The Kier molecular flexibility index (Phi) is 6.12. The molecule has 2 heterocycles. The number of amides is 1. The Morgan fingerprint density at radius 1 is 1.12 bits per heavy atom. The molecule has 33 heavy (non-hydrogen) atoms. The van der Waals surface area contributed by atoms with Crippen molar-refractivity contribution >= 4 is 28.6 Å². The van der Waals surface area contributed by atoms with Gasteiger partial charge in [0, 0.05) is 60.4 Å². The standard InChI is InChI=1S/C26H34N2O5/c1-25(2)23(26(25,3)4)22(31)19-15-28(14-16-8-11-33-12-9-16)20-13-17(5-6-18(19)20)24(32)27-10-7-21(29)30/h5-6,13,15-16,23H,7-12,14H2,1-4H3,(H,27,32)(H,29,30). The number of rotatable bonds is 8. The lowest BCUT2D eigenvalue weighted by Gasteiger charge is -2.22. The third kappa shape index (κ3) is 4.31. The van der Waals surface area contributed by atoms with Gasteiger partial charge in [-0.2, -0.15) is 0 Å². The second-order valence-corrected chi connectivity index (χ2v) is 10.6. The van der Waals surface area contributed by atoms with Gasteiger partial charge in [0.25, 0.3) is 5.91 Å². The number of ether oxygens (including phenoxy) is 1. The van der Waals surface area contributed by atoms with E-state index >= 15 is 0 Å². The first kappa shape index (κ1) is 23.5. The van der Waals surface area contributed by atoms with Crippen molar-refractivity contribution in [1.29, 1.82) is 0 Å². The molecule has 2 N–H and O–H groups in total. The van der Waals surface area contributed by atoms with E-state index < -0.39 is 5.97 Å². The molecule has 178 valence electrons. The predicted octanol–water partition coefficient (Wildman–Crippen LogP) is 4.14. The first-order chi connectivity index (χ1) is 15.5. The molecule has 1 aliphatic carbocycles. The van der Waals surface area contributed by atoms with Crippen molar-refractivity contribution in [1.82, 2.24) is 9.88 Å². The Morgan fingerprint density at radius 2 is 1.79 bits per heavy atom. The van der Waals surface area contributed by atoms with Gasteiger partial charge >= 0.3 is 5.97 Å². The quantitative estimate of drug-likeness (QED) is 0.585. The van der Waals surface area contributed by atoms with Crippen LogP contribution in [0.25, 0.3) is 10.9 Å². The number of carboxylic acids is 1. The van der Waals surface area contributed by atoms with Gasteiger partial charge in [-0.3, -0.25) is 14.4 Å². The van der Waals surface area contributed by atoms with Gasteiger partial charge in [0.05, 0.1) is 6.42 Å². The van der Waals surface area contributed by atoms with Crippen molar-refractivity contribution in [2.75, 3.05) is 19.8 Å². The van der Waals surface area contributed by atoms with Gasteiger partial charge in [-0.1, -0.05) is 33.8 Å². The number of aliphatic carboxylic acids is 1. The first-order valence-corrected chi connectivity index (χ1v) is 11.8. The zero-order chi connectivity index (χ0) is 24.0. The summed E-state index contributed by atoms with van der Waals surface area (Å²) < 4.78 is 7.62. The minimum absolute atomic E-state index is 0.0360. The fraction of sp³-hybridized carbons (Fsp3) is 0.577. The first-order valence-electron chi connectivity index (χ1n) is 11.8. The zero-order valence-electron chi connectivity index (χ0n) is 19.9. The largest absolute Gasteiger partial charge is 0.481 e. The van der Waals surface area contributed by atoms with Gasteiger partial charge in [-0.15, -0.1) is 0 Å². The smallest absolute Gasteiger partial charge is 0.305 e. The lowest BCUT2D eigenvalue weighted by molar-refractivity contribution is -0.136. The molecule has 2 aromatic rings. The van der Waals surface area contributed by atoms with Crippen LogP contribution in [-0.4, -0.2) is 47.1 Å². The number of ketones is 1. The van der Waals surface area contributed by atoms with E-state index in [1.165, 1.54) is 0 Å². The van der Waals surface area contributed by atoms with Gasteiger partial charge in [0.1, 0.15) is 0 Å². The molecule has 2 fully saturated rings.